The summed E-state index contributed by atoms with van der Waals surface area (Å²) in [6.07, 6.45) is 4.91. The number of quaternary nitrogens is 1. The molecule has 0 radical (unpaired) electrons. The molecular formula is C11H22NOSi+. The molecule has 0 aliphatic carbocycles. The molecular weight excluding hydrogens is 190 g/mol. The quantitative estimate of drug-likeness (QED) is 0.552. The highest BCUT2D eigenvalue weighted by atomic mass is 28.3. The summed E-state index contributed by atoms with van der Waals surface area (Å²) in [5.74, 6) is 0. The third kappa shape index (κ3) is 4.11. The largest absolute Gasteiger partial charge is 0.472 e. The molecule has 0 aliphatic rings. The molecule has 0 N–H and O–H groups in total. The zero-order valence-electron chi connectivity index (χ0n) is 10.0. The Kier molecular flexibility index (Phi) is 3.22. The first-order chi connectivity index (χ1) is 6.29. The van der Waals surface area contributed by atoms with E-state index in [4.69, 9.17) is 4.42 Å². The predicted molar refractivity (Wildman–Crippen MR) is 62.7 cm³/mol. The summed E-state index contributed by atoms with van der Waals surface area (Å²) < 4.78 is 6.16. The molecule has 0 fully saturated rings. The summed E-state index contributed by atoms with van der Waals surface area (Å²) in [7, 11) is 3.61. The monoisotopic (exact) mass is 212 g/mol. The SMILES string of the molecule is C[N+](C)(Cc1ccoc1)C[Si](C)(C)C. The van der Waals surface area contributed by atoms with Crippen molar-refractivity contribution < 1.29 is 8.90 Å². The van der Waals surface area contributed by atoms with E-state index in [1.54, 1.807) is 6.26 Å². The third-order valence-corrected chi connectivity index (χ3v) is 3.90. The summed E-state index contributed by atoms with van der Waals surface area (Å²) in [6, 6.07) is 2.06. The van der Waals surface area contributed by atoms with Crippen molar-refractivity contribution in [2.24, 2.45) is 0 Å². The first kappa shape index (κ1) is 11.5. The van der Waals surface area contributed by atoms with Gasteiger partial charge in [-0.1, -0.05) is 19.6 Å². The molecule has 80 valence electrons. The van der Waals surface area contributed by atoms with E-state index in [0.717, 1.165) is 11.0 Å². The second-order valence-electron chi connectivity index (χ2n) is 5.94. The number of furan rings is 1. The lowest BCUT2D eigenvalue weighted by Gasteiger charge is -2.34. The fourth-order valence-electron chi connectivity index (χ4n) is 2.22. The molecule has 0 bridgehead atoms. The fraction of sp³-hybridized carbons (Fsp3) is 0.636. The van der Waals surface area contributed by atoms with Crippen LogP contribution in [0.2, 0.25) is 19.6 Å². The minimum atomic E-state index is -0.984. The van der Waals surface area contributed by atoms with Crippen LogP contribution >= 0.6 is 0 Å². The van der Waals surface area contributed by atoms with Crippen molar-refractivity contribution in [1.29, 1.82) is 0 Å². The van der Waals surface area contributed by atoms with Gasteiger partial charge in [0.25, 0.3) is 0 Å². The van der Waals surface area contributed by atoms with E-state index in [1.165, 1.54) is 11.7 Å². The molecule has 0 spiro atoms. The van der Waals surface area contributed by atoms with Crippen LogP contribution in [0.3, 0.4) is 0 Å². The Bertz CT molecular complexity index is 272. The molecule has 1 rings (SSSR count). The normalized spacial score (nSPS) is 13.2. The van der Waals surface area contributed by atoms with E-state index in [9.17, 15) is 0 Å². The average Bonchev–Trinajstić information content (AvgIpc) is 2.31. The number of nitrogens with zero attached hydrogens (tertiary/aromatic N) is 1. The zero-order valence-corrected chi connectivity index (χ0v) is 11.0. The molecule has 0 atom stereocenters. The van der Waals surface area contributed by atoms with Crippen LogP contribution in [0.5, 0.6) is 0 Å². The van der Waals surface area contributed by atoms with Crippen LogP contribution in [0, 0.1) is 0 Å². The number of hydrogen-bond donors (Lipinski definition) is 0. The second-order valence-corrected chi connectivity index (χ2v) is 11.4. The van der Waals surface area contributed by atoms with Gasteiger partial charge in [0.2, 0.25) is 0 Å². The van der Waals surface area contributed by atoms with Gasteiger partial charge in [-0.25, -0.2) is 0 Å². The Balaban J connectivity index is 2.58. The molecule has 2 nitrogen and oxygen atoms in total. The van der Waals surface area contributed by atoms with Crippen LogP contribution in [0.25, 0.3) is 0 Å². The van der Waals surface area contributed by atoms with E-state index in [-0.39, 0.29) is 0 Å². The maximum atomic E-state index is 5.09. The Labute approximate surface area is 88.1 Å². The summed E-state index contributed by atoms with van der Waals surface area (Å²) in [4.78, 5) is 0. The van der Waals surface area contributed by atoms with Gasteiger partial charge in [0.1, 0.15) is 14.6 Å². The lowest BCUT2D eigenvalue weighted by Crippen LogP contribution is -2.49. The van der Waals surface area contributed by atoms with Crippen LogP contribution in [0.15, 0.2) is 23.0 Å². The van der Waals surface area contributed by atoms with Crippen molar-refractivity contribution in [2.45, 2.75) is 26.2 Å². The minimum absolute atomic E-state index is 0.984. The molecule has 1 aromatic heterocycles. The Morgan fingerprint density at radius 2 is 1.93 bits per heavy atom. The molecule has 0 aliphatic heterocycles. The molecule has 0 aromatic carbocycles. The van der Waals surface area contributed by atoms with Crippen LogP contribution < -0.4 is 0 Å². The smallest absolute Gasteiger partial charge is 0.110 e. The summed E-state index contributed by atoms with van der Waals surface area (Å²) in [5, 5.41) is 0. The Hall–Kier alpha value is -0.543. The molecule has 0 unspecified atom stereocenters. The first-order valence-corrected chi connectivity index (χ1v) is 8.82. The van der Waals surface area contributed by atoms with E-state index in [2.05, 4.69) is 39.8 Å². The van der Waals surface area contributed by atoms with Gasteiger partial charge in [-0.2, -0.15) is 0 Å². The second kappa shape index (κ2) is 3.91. The maximum Gasteiger partial charge on any atom is 0.110 e. The molecule has 14 heavy (non-hydrogen) atoms. The molecule has 1 aromatic rings. The van der Waals surface area contributed by atoms with E-state index in [0.29, 0.717) is 0 Å². The summed E-state index contributed by atoms with van der Waals surface area (Å²) in [6.45, 7) is 8.33. The van der Waals surface area contributed by atoms with Gasteiger partial charge in [-0.3, -0.25) is 0 Å². The van der Waals surface area contributed by atoms with Gasteiger partial charge in [0.05, 0.1) is 32.8 Å². The molecule has 0 saturated heterocycles. The number of rotatable bonds is 4. The van der Waals surface area contributed by atoms with Crippen molar-refractivity contribution in [3.05, 3.63) is 24.2 Å². The van der Waals surface area contributed by atoms with Crippen molar-refractivity contribution >= 4 is 8.07 Å². The maximum absolute atomic E-state index is 5.09. The first-order valence-electron chi connectivity index (χ1n) is 5.12. The van der Waals surface area contributed by atoms with Crippen LogP contribution in [0.4, 0.5) is 0 Å². The van der Waals surface area contributed by atoms with Gasteiger partial charge in [0, 0.05) is 5.56 Å². The lowest BCUT2D eigenvalue weighted by molar-refractivity contribution is -0.894. The van der Waals surface area contributed by atoms with Gasteiger partial charge in [0.15, 0.2) is 0 Å². The Morgan fingerprint density at radius 1 is 1.29 bits per heavy atom. The van der Waals surface area contributed by atoms with Crippen molar-refractivity contribution in [2.75, 3.05) is 20.3 Å². The summed E-state index contributed by atoms with van der Waals surface area (Å²) >= 11 is 0. The third-order valence-electron chi connectivity index (χ3n) is 2.09. The molecule has 0 saturated carbocycles. The van der Waals surface area contributed by atoms with Crippen LogP contribution in [0.1, 0.15) is 5.56 Å². The van der Waals surface area contributed by atoms with Crippen molar-refractivity contribution in [3.8, 4) is 0 Å². The highest BCUT2D eigenvalue weighted by molar-refractivity contribution is 6.75. The van der Waals surface area contributed by atoms with Gasteiger partial charge in [-0.05, 0) is 6.07 Å². The van der Waals surface area contributed by atoms with E-state index < -0.39 is 8.07 Å². The predicted octanol–water partition coefficient (Wildman–Crippen LogP) is 2.73. The lowest BCUT2D eigenvalue weighted by atomic mass is 10.3. The summed E-state index contributed by atoms with van der Waals surface area (Å²) in [5.41, 5.74) is 1.30. The molecule has 0 amide bonds. The van der Waals surface area contributed by atoms with Gasteiger partial charge < -0.3 is 8.90 Å². The fourth-order valence-corrected chi connectivity index (χ4v) is 4.90. The zero-order chi connectivity index (χ0) is 10.8. The Morgan fingerprint density at radius 3 is 2.36 bits per heavy atom. The highest BCUT2D eigenvalue weighted by Crippen LogP contribution is 2.14. The number of hydrogen-bond acceptors (Lipinski definition) is 1. The van der Waals surface area contributed by atoms with Crippen LogP contribution in [-0.4, -0.2) is 32.8 Å². The van der Waals surface area contributed by atoms with Gasteiger partial charge >= 0.3 is 0 Å². The standard InChI is InChI=1S/C11H22NOSi/c1-12(2,10-14(3,4)5)8-11-6-7-13-9-11/h6-7,9H,8,10H2,1-5H3/q+1. The molecule has 1 heterocycles. The topological polar surface area (TPSA) is 13.1 Å². The van der Waals surface area contributed by atoms with Crippen LogP contribution in [-0.2, 0) is 6.54 Å². The van der Waals surface area contributed by atoms with Crippen molar-refractivity contribution in [3.63, 3.8) is 0 Å². The molecule has 3 heteroatoms. The highest BCUT2D eigenvalue weighted by Gasteiger charge is 2.26. The van der Waals surface area contributed by atoms with E-state index in [1.807, 2.05) is 6.26 Å². The van der Waals surface area contributed by atoms with E-state index >= 15 is 0 Å². The van der Waals surface area contributed by atoms with Gasteiger partial charge in [-0.15, -0.1) is 0 Å². The van der Waals surface area contributed by atoms with Crippen molar-refractivity contribution in [1.82, 2.24) is 0 Å². The minimum Gasteiger partial charge on any atom is -0.472 e. The average molecular weight is 212 g/mol.